The van der Waals surface area contributed by atoms with Crippen molar-refractivity contribution < 1.29 is 18.3 Å². The van der Waals surface area contributed by atoms with Crippen molar-refractivity contribution in [3.8, 4) is 11.5 Å². The Kier molecular flexibility index (Phi) is 4.08. The molecule has 1 heterocycles. The van der Waals surface area contributed by atoms with Crippen molar-refractivity contribution in [3.63, 3.8) is 0 Å². The highest BCUT2D eigenvalue weighted by Crippen LogP contribution is 2.29. The minimum absolute atomic E-state index is 0.0690. The molecule has 2 N–H and O–H groups in total. The third-order valence-corrected chi connectivity index (χ3v) is 4.26. The Morgan fingerprint density at radius 3 is 2.67 bits per heavy atom. The summed E-state index contributed by atoms with van der Waals surface area (Å²) in [6.45, 7) is 4.25. The average Bonchev–Trinajstić information content (AvgIpc) is 2.83. The van der Waals surface area contributed by atoms with Crippen molar-refractivity contribution in [1.29, 1.82) is 0 Å². The summed E-state index contributed by atoms with van der Waals surface area (Å²) in [4.78, 5) is 4.02. The lowest BCUT2D eigenvalue weighted by molar-refractivity contribution is 0.408. The molecule has 7 nitrogen and oxygen atoms in total. The number of hydrogen-bond donors (Lipinski definition) is 2. The number of imidazole rings is 1. The van der Waals surface area contributed by atoms with Gasteiger partial charge in [0, 0.05) is 18.8 Å². The number of anilines is 1. The molecular formula is C13H17N3O4S. The first-order chi connectivity index (χ1) is 9.87. The van der Waals surface area contributed by atoms with Crippen LogP contribution in [0.2, 0.25) is 0 Å². The first-order valence-electron chi connectivity index (χ1n) is 6.31. The van der Waals surface area contributed by atoms with Crippen LogP contribution in [0.1, 0.15) is 12.7 Å². The fourth-order valence-electron chi connectivity index (χ4n) is 1.85. The summed E-state index contributed by atoms with van der Waals surface area (Å²) >= 11 is 0. The monoisotopic (exact) mass is 311 g/mol. The fourth-order valence-corrected chi connectivity index (χ4v) is 2.94. The summed E-state index contributed by atoms with van der Waals surface area (Å²) in [5.41, 5.74) is 0.0690. The fraction of sp³-hybridized carbons (Fsp3) is 0.308. The first-order valence-corrected chi connectivity index (χ1v) is 7.79. The van der Waals surface area contributed by atoms with Gasteiger partial charge in [-0.15, -0.1) is 0 Å². The van der Waals surface area contributed by atoms with Gasteiger partial charge in [-0.05, 0) is 26.0 Å². The smallest absolute Gasteiger partial charge is 0.281 e. The van der Waals surface area contributed by atoms with Crippen LogP contribution in [0.5, 0.6) is 11.5 Å². The molecule has 2 aromatic rings. The number of methoxy groups -OCH3 is 1. The van der Waals surface area contributed by atoms with E-state index in [4.69, 9.17) is 4.74 Å². The molecule has 0 spiro atoms. The maximum absolute atomic E-state index is 12.3. The number of phenols is 1. The van der Waals surface area contributed by atoms with Crippen molar-refractivity contribution in [3.05, 3.63) is 30.2 Å². The predicted molar refractivity (Wildman–Crippen MR) is 78.1 cm³/mol. The molecule has 0 bridgehead atoms. The highest BCUT2D eigenvalue weighted by Gasteiger charge is 2.20. The molecule has 0 atom stereocenters. The molecule has 0 saturated heterocycles. The van der Waals surface area contributed by atoms with Crippen LogP contribution in [0.15, 0.2) is 29.4 Å². The summed E-state index contributed by atoms with van der Waals surface area (Å²) in [7, 11) is -2.39. The van der Waals surface area contributed by atoms with Crippen LogP contribution in [-0.4, -0.2) is 30.2 Å². The van der Waals surface area contributed by atoms with E-state index in [2.05, 4.69) is 9.71 Å². The van der Waals surface area contributed by atoms with Gasteiger partial charge in [0.1, 0.15) is 17.3 Å². The number of sulfonamides is 1. The maximum atomic E-state index is 12.3. The summed E-state index contributed by atoms with van der Waals surface area (Å²) in [5, 5.41) is 9.72. The van der Waals surface area contributed by atoms with E-state index in [1.54, 1.807) is 17.6 Å². The van der Waals surface area contributed by atoms with Crippen LogP contribution in [0.25, 0.3) is 0 Å². The summed E-state index contributed by atoms with van der Waals surface area (Å²) < 4.78 is 33.5. The molecule has 0 aliphatic rings. The lowest BCUT2D eigenvalue weighted by atomic mass is 10.3. The van der Waals surface area contributed by atoms with E-state index in [1.807, 2.05) is 6.92 Å². The Morgan fingerprint density at radius 2 is 2.14 bits per heavy atom. The van der Waals surface area contributed by atoms with Gasteiger partial charge in [0.2, 0.25) is 0 Å². The molecular weight excluding hydrogens is 294 g/mol. The molecule has 0 radical (unpaired) electrons. The minimum Gasteiger partial charge on any atom is -0.506 e. The van der Waals surface area contributed by atoms with Crippen molar-refractivity contribution in [2.45, 2.75) is 25.4 Å². The van der Waals surface area contributed by atoms with Crippen molar-refractivity contribution in [2.24, 2.45) is 0 Å². The zero-order chi connectivity index (χ0) is 15.6. The summed E-state index contributed by atoms with van der Waals surface area (Å²) in [5.74, 6) is 0.822. The average molecular weight is 311 g/mol. The maximum Gasteiger partial charge on any atom is 0.281 e. The van der Waals surface area contributed by atoms with Crippen LogP contribution >= 0.6 is 0 Å². The SMILES string of the molecule is CCn1cc(S(=O)(=O)Nc2ccc(OC)cc2O)nc1C. The molecule has 2 rings (SSSR count). The number of ether oxygens (including phenoxy) is 1. The van der Waals surface area contributed by atoms with E-state index in [0.29, 0.717) is 18.1 Å². The Balaban J connectivity index is 2.32. The second-order valence-corrected chi connectivity index (χ2v) is 6.03. The van der Waals surface area contributed by atoms with Crippen LogP contribution in [0, 0.1) is 6.92 Å². The van der Waals surface area contributed by atoms with Gasteiger partial charge in [0.05, 0.1) is 12.8 Å². The number of rotatable bonds is 5. The Morgan fingerprint density at radius 1 is 1.43 bits per heavy atom. The quantitative estimate of drug-likeness (QED) is 0.820. The topological polar surface area (TPSA) is 93.5 Å². The Bertz CT molecular complexity index is 753. The van der Waals surface area contributed by atoms with Gasteiger partial charge in [0.25, 0.3) is 10.0 Å². The molecule has 0 aliphatic carbocycles. The summed E-state index contributed by atoms with van der Waals surface area (Å²) in [6.07, 6.45) is 1.46. The molecule has 0 saturated carbocycles. The van der Waals surface area contributed by atoms with Gasteiger partial charge in [-0.25, -0.2) is 4.98 Å². The van der Waals surface area contributed by atoms with Gasteiger partial charge in [0.15, 0.2) is 5.03 Å². The van der Waals surface area contributed by atoms with Gasteiger partial charge < -0.3 is 14.4 Å². The third-order valence-electron chi connectivity index (χ3n) is 3.02. The molecule has 1 aromatic carbocycles. The van der Waals surface area contributed by atoms with Crippen LogP contribution in [0.3, 0.4) is 0 Å². The number of aromatic nitrogens is 2. The number of aromatic hydroxyl groups is 1. The number of hydrogen-bond acceptors (Lipinski definition) is 5. The lowest BCUT2D eigenvalue weighted by Crippen LogP contribution is -2.13. The first kappa shape index (κ1) is 15.2. The minimum atomic E-state index is -3.85. The normalized spacial score (nSPS) is 11.4. The molecule has 21 heavy (non-hydrogen) atoms. The molecule has 0 fully saturated rings. The van der Waals surface area contributed by atoms with E-state index < -0.39 is 10.0 Å². The number of nitrogens with one attached hydrogen (secondary N) is 1. The van der Waals surface area contributed by atoms with Gasteiger partial charge >= 0.3 is 0 Å². The van der Waals surface area contributed by atoms with Gasteiger partial charge in [-0.1, -0.05) is 0 Å². The van der Waals surface area contributed by atoms with E-state index >= 15 is 0 Å². The van der Waals surface area contributed by atoms with Crippen LogP contribution in [-0.2, 0) is 16.6 Å². The van der Waals surface area contributed by atoms with Gasteiger partial charge in [-0.3, -0.25) is 4.72 Å². The number of phenolic OH excluding ortho intramolecular Hbond substituents is 1. The second-order valence-electron chi connectivity index (χ2n) is 4.40. The molecule has 1 aromatic heterocycles. The highest BCUT2D eigenvalue weighted by molar-refractivity contribution is 7.92. The van der Waals surface area contributed by atoms with E-state index in [1.165, 1.54) is 25.4 Å². The molecule has 114 valence electrons. The Hall–Kier alpha value is -2.22. The number of aryl methyl sites for hydroxylation is 2. The molecule has 0 aliphatic heterocycles. The second kappa shape index (κ2) is 5.65. The van der Waals surface area contributed by atoms with E-state index in [0.717, 1.165) is 0 Å². The largest absolute Gasteiger partial charge is 0.506 e. The van der Waals surface area contributed by atoms with Gasteiger partial charge in [-0.2, -0.15) is 8.42 Å². The molecule has 0 unspecified atom stereocenters. The number of nitrogens with zero attached hydrogens (tertiary/aromatic N) is 2. The zero-order valence-electron chi connectivity index (χ0n) is 12.0. The highest BCUT2D eigenvalue weighted by atomic mass is 32.2. The molecule has 0 amide bonds. The van der Waals surface area contributed by atoms with E-state index in [9.17, 15) is 13.5 Å². The number of benzene rings is 1. The predicted octanol–water partition coefficient (Wildman–Crippen LogP) is 1.73. The lowest BCUT2D eigenvalue weighted by Gasteiger charge is -2.09. The van der Waals surface area contributed by atoms with Crippen molar-refractivity contribution in [1.82, 2.24) is 9.55 Å². The van der Waals surface area contributed by atoms with Crippen molar-refractivity contribution >= 4 is 15.7 Å². The third kappa shape index (κ3) is 3.10. The van der Waals surface area contributed by atoms with Crippen molar-refractivity contribution in [2.75, 3.05) is 11.8 Å². The molecule has 8 heteroatoms. The summed E-state index contributed by atoms with van der Waals surface area (Å²) in [6, 6.07) is 4.30. The van der Waals surface area contributed by atoms with Crippen LogP contribution in [0.4, 0.5) is 5.69 Å². The van der Waals surface area contributed by atoms with Crippen LogP contribution < -0.4 is 9.46 Å². The Labute approximate surface area is 123 Å². The van der Waals surface area contributed by atoms with E-state index in [-0.39, 0.29) is 16.5 Å². The zero-order valence-corrected chi connectivity index (χ0v) is 12.8. The standard InChI is InChI=1S/C13H17N3O4S/c1-4-16-8-13(14-9(16)2)21(18,19)15-11-6-5-10(20-3)7-12(11)17/h5-8,15,17H,4H2,1-3H3.